The van der Waals surface area contributed by atoms with Crippen molar-refractivity contribution in [2.45, 2.75) is 18.0 Å². The first-order valence-electron chi connectivity index (χ1n) is 8.73. The van der Waals surface area contributed by atoms with Crippen molar-refractivity contribution in [2.75, 3.05) is 32.1 Å². The van der Waals surface area contributed by atoms with Crippen LogP contribution in [-0.2, 0) is 19.9 Å². The van der Waals surface area contributed by atoms with E-state index in [9.17, 15) is 51.2 Å². The fourth-order valence-corrected chi connectivity index (χ4v) is 2.99. The molecule has 0 unspecified atom stereocenters. The molecule has 0 spiro atoms. The standard InChI is InChI=1S/C17H15F6N3O7/c1-33-14(29)9-7-25(4-5-27)13(28)12(9)24-10-3-2-8(6-11(10)26(31)32)15(30,16(18,19)20)17(21,22)23/h2-3,6,24,27,30H,4-5,7H2,1H3. The topological polar surface area (TPSA) is 142 Å². The monoisotopic (exact) mass is 487 g/mol. The van der Waals surface area contributed by atoms with Crippen LogP contribution in [0.4, 0.5) is 37.7 Å². The number of alkyl halides is 6. The lowest BCUT2D eigenvalue weighted by Gasteiger charge is -2.32. The molecule has 0 aliphatic carbocycles. The van der Waals surface area contributed by atoms with Crippen molar-refractivity contribution in [3.05, 3.63) is 45.1 Å². The van der Waals surface area contributed by atoms with Gasteiger partial charge in [-0.1, -0.05) is 6.07 Å². The van der Waals surface area contributed by atoms with Crippen LogP contribution in [0, 0.1) is 10.1 Å². The van der Waals surface area contributed by atoms with Gasteiger partial charge in [-0.25, -0.2) is 4.79 Å². The second kappa shape index (κ2) is 8.86. The Balaban J connectivity index is 2.62. The van der Waals surface area contributed by atoms with Crippen LogP contribution >= 0.6 is 0 Å². The van der Waals surface area contributed by atoms with E-state index < -0.39 is 64.0 Å². The van der Waals surface area contributed by atoms with E-state index in [1.165, 1.54) is 0 Å². The number of carbonyl (C=O) groups excluding carboxylic acids is 2. The van der Waals surface area contributed by atoms with E-state index in [4.69, 9.17) is 5.11 Å². The summed E-state index contributed by atoms with van der Waals surface area (Å²) in [5, 5.41) is 32.0. The third kappa shape index (κ3) is 4.56. The summed E-state index contributed by atoms with van der Waals surface area (Å²) in [6, 6.07) is 0.409. The highest BCUT2D eigenvalue weighted by molar-refractivity contribution is 6.08. The summed E-state index contributed by atoms with van der Waals surface area (Å²) in [4.78, 5) is 35.4. The zero-order valence-corrected chi connectivity index (χ0v) is 16.5. The number of aliphatic hydroxyl groups excluding tert-OH is 1. The molecule has 0 atom stereocenters. The van der Waals surface area contributed by atoms with Crippen molar-refractivity contribution in [1.29, 1.82) is 0 Å². The van der Waals surface area contributed by atoms with Crippen LogP contribution in [0.3, 0.4) is 0 Å². The number of hydrogen-bond donors (Lipinski definition) is 3. The Kier molecular flexibility index (Phi) is 6.94. The maximum absolute atomic E-state index is 13.1. The molecule has 2 rings (SSSR count). The van der Waals surface area contributed by atoms with Gasteiger partial charge in [0.05, 0.1) is 30.8 Å². The van der Waals surface area contributed by atoms with E-state index in [2.05, 4.69) is 10.1 Å². The quantitative estimate of drug-likeness (QED) is 0.228. The lowest BCUT2D eigenvalue weighted by Crippen LogP contribution is -2.53. The van der Waals surface area contributed by atoms with Gasteiger partial charge in [-0.2, -0.15) is 26.3 Å². The van der Waals surface area contributed by atoms with E-state index in [-0.39, 0.29) is 30.8 Å². The SMILES string of the molecule is COC(=O)C1=C(Nc2ccc(C(O)(C(F)(F)F)C(F)(F)F)cc2[N+](=O)[O-])C(=O)N(CCO)C1. The van der Waals surface area contributed by atoms with E-state index in [0.717, 1.165) is 12.0 Å². The van der Waals surface area contributed by atoms with Gasteiger partial charge < -0.3 is 25.2 Å². The van der Waals surface area contributed by atoms with Crippen molar-refractivity contribution in [3.8, 4) is 0 Å². The molecule has 182 valence electrons. The molecule has 1 amide bonds. The molecule has 0 bridgehead atoms. The van der Waals surface area contributed by atoms with Gasteiger partial charge in [0.25, 0.3) is 17.2 Å². The Hall–Kier alpha value is -3.40. The number of nitro benzene ring substituents is 1. The van der Waals surface area contributed by atoms with Gasteiger partial charge in [-0.3, -0.25) is 14.9 Å². The predicted molar refractivity (Wildman–Crippen MR) is 95.4 cm³/mol. The predicted octanol–water partition coefficient (Wildman–Crippen LogP) is 1.58. The van der Waals surface area contributed by atoms with Crippen molar-refractivity contribution in [1.82, 2.24) is 4.90 Å². The van der Waals surface area contributed by atoms with E-state index in [1.54, 1.807) is 0 Å². The van der Waals surface area contributed by atoms with Crippen LogP contribution in [0.15, 0.2) is 29.5 Å². The number of methoxy groups -OCH3 is 1. The third-order valence-electron chi connectivity index (χ3n) is 4.65. The molecule has 1 aliphatic rings. The molecule has 1 aromatic rings. The molecule has 1 aromatic carbocycles. The first kappa shape index (κ1) is 25.9. The number of nitrogens with one attached hydrogen (secondary N) is 1. The molecular weight excluding hydrogens is 472 g/mol. The fraction of sp³-hybridized carbons (Fsp3) is 0.412. The van der Waals surface area contributed by atoms with Crippen LogP contribution in [0.5, 0.6) is 0 Å². The second-order valence-electron chi connectivity index (χ2n) is 6.62. The van der Waals surface area contributed by atoms with Gasteiger partial charge in [0.1, 0.15) is 11.4 Å². The van der Waals surface area contributed by atoms with Crippen molar-refractivity contribution < 1.29 is 55.8 Å². The van der Waals surface area contributed by atoms with Gasteiger partial charge in [0, 0.05) is 18.2 Å². The Bertz CT molecular complexity index is 992. The highest BCUT2D eigenvalue weighted by atomic mass is 19.4. The summed E-state index contributed by atoms with van der Waals surface area (Å²) >= 11 is 0. The molecule has 0 aromatic heterocycles. The van der Waals surface area contributed by atoms with Crippen LogP contribution in [-0.4, -0.2) is 71.1 Å². The summed E-state index contributed by atoms with van der Waals surface area (Å²) in [5.41, 5.74) is -10.3. The van der Waals surface area contributed by atoms with E-state index in [1.807, 2.05) is 0 Å². The van der Waals surface area contributed by atoms with Crippen LogP contribution < -0.4 is 5.32 Å². The number of benzene rings is 1. The molecule has 0 saturated heterocycles. The zero-order valence-electron chi connectivity index (χ0n) is 16.5. The smallest absolute Gasteiger partial charge is 0.430 e. The number of β-amino-alcohol motifs (C(OH)–C–C–N with tert-alkyl or cyclic N) is 1. The number of esters is 1. The van der Waals surface area contributed by atoms with Gasteiger partial charge in [0.15, 0.2) is 0 Å². The average molecular weight is 487 g/mol. The molecule has 10 nitrogen and oxygen atoms in total. The van der Waals surface area contributed by atoms with Crippen LogP contribution in [0.1, 0.15) is 5.56 Å². The Labute approximate surface area is 180 Å². The first-order valence-corrected chi connectivity index (χ1v) is 8.73. The van der Waals surface area contributed by atoms with E-state index in [0.29, 0.717) is 6.07 Å². The molecule has 0 radical (unpaired) electrons. The fourth-order valence-electron chi connectivity index (χ4n) is 2.99. The largest absolute Gasteiger partial charge is 0.466 e. The Morgan fingerprint density at radius 1 is 1.24 bits per heavy atom. The highest BCUT2D eigenvalue weighted by Gasteiger charge is 2.71. The van der Waals surface area contributed by atoms with Crippen LogP contribution in [0.25, 0.3) is 0 Å². The number of carbonyl (C=O) groups is 2. The second-order valence-corrected chi connectivity index (χ2v) is 6.62. The molecule has 1 aliphatic heterocycles. The number of nitrogens with zero attached hydrogens (tertiary/aromatic N) is 2. The minimum Gasteiger partial charge on any atom is -0.466 e. The summed E-state index contributed by atoms with van der Waals surface area (Å²) in [6.07, 6.45) is -12.6. The maximum Gasteiger partial charge on any atom is 0.430 e. The summed E-state index contributed by atoms with van der Waals surface area (Å²) in [5.74, 6) is -1.99. The molecule has 33 heavy (non-hydrogen) atoms. The lowest BCUT2D eigenvalue weighted by molar-refractivity contribution is -0.386. The molecule has 16 heteroatoms. The number of rotatable bonds is 7. The van der Waals surface area contributed by atoms with Crippen LogP contribution in [0.2, 0.25) is 0 Å². The molecular formula is C17H15F6N3O7. The summed E-state index contributed by atoms with van der Waals surface area (Å²) < 4.78 is 83.1. The van der Waals surface area contributed by atoms with Crippen molar-refractivity contribution in [2.24, 2.45) is 0 Å². The zero-order chi connectivity index (χ0) is 25.4. The molecule has 1 heterocycles. The number of halogens is 6. The number of ether oxygens (including phenoxy) is 1. The summed E-state index contributed by atoms with van der Waals surface area (Å²) in [6.45, 7) is -1.16. The van der Waals surface area contributed by atoms with Gasteiger partial charge in [-0.15, -0.1) is 0 Å². The number of nitro groups is 1. The number of amides is 1. The van der Waals surface area contributed by atoms with Gasteiger partial charge in [0.2, 0.25) is 0 Å². The Morgan fingerprint density at radius 3 is 2.27 bits per heavy atom. The minimum atomic E-state index is -6.28. The van der Waals surface area contributed by atoms with Gasteiger partial charge >= 0.3 is 18.3 Å². The minimum absolute atomic E-state index is 0.138. The van der Waals surface area contributed by atoms with Crippen molar-refractivity contribution in [3.63, 3.8) is 0 Å². The number of aliphatic hydroxyl groups is 2. The average Bonchev–Trinajstić information content (AvgIpc) is 3.01. The molecule has 0 fully saturated rings. The van der Waals surface area contributed by atoms with Gasteiger partial charge in [-0.05, 0) is 6.07 Å². The number of anilines is 1. The normalized spacial score (nSPS) is 15.2. The van der Waals surface area contributed by atoms with Crippen molar-refractivity contribution >= 4 is 23.3 Å². The van der Waals surface area contributed by atoms with E-state index >= 15 is 0 Å². The Morgan fingerprint density at radius 2 is 1.82 bits per heavy atom. The first-order chi connectivity index (χ1) is 15.1. The maximum atomic E-state index is 13.1. The highest BCUT2D eigenvalue weighted by Crippen LogP contribution is 2.51. The molecule has 3 N–H and O–H groups in total. The molecule has 0 saturated carbocycles. The summed E-state index contributed by atoms with van der Waals surface area (Å²) in [7, 11) is 0.957. The third-order valence-corrected chi connectivity index (χ3v) is 4.65. The lowest BCUT2D eigenvalue weighted by atomic mass is 9.91. The number of hydrogen-bond acceptors (Lipinski definition) is 8.